The van der Waals surface area contributed by atoms with E-state index in [1.165, 1.54) is 19.3 Å². The molecule has 0 atom stereocenters. The molecule has 0 aliphatic carbocycles. The summed E-state index contributed by atoms with van der Waals surface area (Å²) in [4.78, 5) is 11.4. The summed E-state index contributed by atoms with van der Waals surface area (Å²) in [5.41, 5.74) is 0.662. The third-order valence-electron chi connectivity index (χ3n) is 3.83. The van der Waals surface area contributed by atoms with Crippen molar-refractivity contribution < 1.29 is 9.53 Å². The number of piperidine rings is 1. The van der Waals surface area contributed by atoms with Crippen molar-refractivity contribution in [2.45, 2.75) is 25.7 Å². The van der Waals surface area contributed by atoms with Crippen molar-refractivity contribution in [3.8, 4) is 5.75 Å². The molecule has 20 heavy (non-hydrogen) atoms. The number of nitrogens with one attached hydrogen (secondary N) is 2. The minimum absolute atomic E-state index is 0.0672. The molecule has 4 nitrogen and oxygen atoms in total. The van der Waals surface area contributed by atoms with E-state index < -0.39 is 0 Å². The van der Waals surface area contributed by atoms with Crippen molar-refractivity contribution in [3.05, 3.63) is 29.8 Å². The van der Waals surface area contributed by atoms with Gasteiger partial charge in [0.15, 0.2) is 0 Å². The van der Waals surface area contributed by atoms with Gasteiger partial charge in [0, 0.05) is 12.6 Å². The van der Waals surface area contributed by atoms with E-state index in [0.717, 1.165) is 37.8 Å². The first-order valence-electron chi connectivity index (χ1n) is 7.45. The van der Waals surface area contributed by atoms with Gasteiger partial charge in [0.1, 0.15) is 5.75 Å². The van der Waals surface area contributed by atoms with E-state index in [2.05, 4.69) is 10.6 Å². The fourth-order valence-electron chi connectivity index (χ4n) is 2.58. The molecule has 0 radical (unpaired) electrons. The molecule has 110 valence electrons. The molecular weight excluding hydrogens is 252 g/mol. The fourth-order valence-corrected chi connectivity index (χ4v) is 2.58. The lowest BCUT2D eigenvalue weighted by Crippen LogP contribution is -2.27. The van der Waals surface area contributed by atoms with Crippen LogP contribution >= 0.6 is 0 Å². The first kappa shape index (κ1) is 14.9. The molecule has 1 aromatic rings. The van der Waals surface area contributed by atoms with Crippen LogP contribution in [0.15, 0.2) is 24.3 Å². The van der Waals surface area contributed by atoms with Crippen molar-refractivity contribution in [2.75, 3.05) is 26.7 Å². The molecule has 2 rings (SSSR count). The first-order chi connectivity index (χ1) is 9.79. The van der Waals surface area contributed by atoms with E-state index in [0.29, 0.717) is 5.56 Å². The molecule has 1 saturated heterocycles. The first-order valence-corrected chi connectivity index (χ1v) is 7.45. The van der Waals surface area contributed by atoms with Crippen LogP contribution in [0.25, 0.3) is 0 Å². The van der Waals surface area contributed by atoms with Gasteiger partial charge in [-0.3, -0.25) is 4.79 Å². The highest BCUT2D eigenvalue weighted by Gasteiger charge is 2.12. The smallest absolute Gasteiger partial charge is 0.251 e. The van der Waals surface area contributed by atoms with E-state index in [1.54, 1.807) is 19.2 Å². The summed E-state index contributed by atoms with van der Waals surface area (Å²) in [7, 11) is 1.63. The Morgan fingerprint density at radius 2 is 2.00 bits per heavy atom. The van der Waals surface area contributed by atoms with Gasteiger partial charge in [0.25, 0.3) is 5.91 Å². The van der Waals surface area contributed by atoms with Gasteiger partial charge < -0.3 is 15.4 Å². The lowest BCUT2D eigenvalue weighted by atomic mass is 9.93. The molecular formula is C16H24N2O2. The normalized spacial score (nSPS) is 15.8. The Morgan fingerprint density at radius 1 is 1.30 bits per heavy atom. The number of carbonyl (C=O) groups excluding carboxylic acids is 1. The molecule has 0 bridgehead atoms. The molecule has 0 spiro atoms. The van der Waals surface area contributed by atoms with E-state index >= 15 is 0 Å². The Bertz CT molecular complexity index is 411. The Morgan fingerprint density at radius 3 is 2.65 bits per heavy atom. The lowest BCUT2D eigenvalue weighted by molar-refractivity contribution is 0.0963. The number of rotatable bonds is 6. The third-order valence-corrected chi connectivity index (χ3v) is 3.83. The SMILES string of the molecule is CNC(=O)c1ccc(OCCCC2CCNCC2)cc1. The molecule has 0 aromatic heterocycles. The third kappa shape index (κ3) is 4.53. The average molecular weight is 276 g/mol. The molecule has 1 aromatic carbocycles. The molecule has 1 amide bonds. The maximum Gasteiger partial charge on any atom is 0.251 e. The summed E-state index contributed by atoms with van der Waals surface area (Å²) in [6.45, 7) is 3.07. The van der Waals surface area contributed by atoms with Crippen molar-refractivity contribution in [1.29, 1.82) is 0 Å². The summed E-state index contributed by atoms with van der Waals surface area (Å²) >= 11 is 0. The second kappa shape index (κ2) is 7.90. The van der Waals surface area contributed by atoms with Crippen LogP contribution in [0.2, 0.25) is 0 Å². The molecule has 2 N–H and O–H groups in total. The van der Waals surface area contributed by atoms with Gasteiger partial charge >= 0.3 is 0 Å². The molecule has 1 aliphatic heterocycles. The molecule has 0 saturated carbocycles. The average Bonchev–Trinajstić information content (AvgIpc) is 2.52. The van der Waals surface area contributed by atoms with E-state index in [9.17, 15) is 4.79 Å². The molecule has 4 heteroatoms. The molecule has 1 fully saturated rings. The largest absolute Gasteiger partial charge is 0.494 e. The summed E-state index contributed by atoms with van der Waals surface area (Å²) in [6.07, 6.45) is 4.93. The van der Waals surface area contributed by atoms with Gasteiger partial charge in [-0.05, 0) is 69.0 Å². The molecule has 0 unspecified atom stereocenters. The summed E-state index contributed by atoms with van der Waals surface area (Å²) in [5.74, 6) is 1.63. The predicted molar refractivity (Wildman–Crippen MR) is 80.2 cm³/mol. The number of amides is 1. The second-order valence-corrected chi connectivity index (χ2v) is 5.29. The minimum atomic E-state index is -0.0672. The highest BCUT2D eigenvalue weighted by Crippen LogP contribution is 2.18. The fraction of sp³-hybridized carbons (Fsp3) is 0.562. The zero-order valence-corrected chi connectivity index (χ0v) is 12.2. The van der Waals surface area contributed by atoms with Gasteiger partial charge in [-0.15, -0.1) is 0 Å². The van der Waals surface area contributed by atoms with Crippen molar-refractivity contribution in [2.24, 2.45) is 5.92 Å². The number of ether oxygens (including phenoxy) is 1. The number of carbonyl (C=O) groups is 1. The zero-order valence-electron chi connectivity index (χ0n) is 12.2. The van der Waals surface area contributed by atoms with Crippen molar-refractivity contribution >= 4 is 5.91 Å². The van der Waals surface area contributed by atoms with Crippen LogP contribution < -0.4 is 15.4 Å². The topological polar surface area (TPSA) is 50.4 Å². The van der Waals surface area contributed by atoms with Crippen LogP contribution in [0.3, 0.4) is 0 Å². The second-order valence-electron chi connectivity index (χ2n) is 5.29. The summed E-state index contributed by atoms with van der Waals surface area (Å²) in [6, 6.07) is 7.30. The molecule has 1 aliphatic rings. The highest BCUT2D eigenvalue weighted by atomic mass is 16.5. The maximum absolute atomic E-state index is 11.4. The quantitative estimate of drug-likeness (QED) is 0.783. The standard InChI is InChI=1S/C16H24N2O2/c1-17-16(19)14-4-6-15(7-5-14)20-12-2-3-13-8-10-18-11-9-13/h4-7,13,18H,2-3,8-12H2,1H3,(H,17,19). The van der Waals surface area contributed by atoms with E-state index in [1.807, 2.05) is 12.1 Å². The highest BCUT2D eigenvalue weighted by molar-refractivity contribution is 5.94. The van der Waals surface area contributed by atoms with Crippen molar-refractivity contribution in [1.82, 2.24) is 10.6 Å². The zero-order chi connectivity index (χ0) is 14.2. The van der Waals surface area contributed by atoms with Gasteiger partial charge in [0.2, 0.25) is 0 Å². The van der Waals surface area contributed by atoms with Crippen LogP contribution in [-0.2, 0) is 0 Å². The predicted octanol–water partition coefficient (Wildman–Crippen LogP) is 2.20. The van der Waals surface area contributed by atoms with Crippen LogP contribution in [0.4, 0.5) is 0 Å². The number of hydrogen-bond acceptors (Lipinski definition) is 3. The van der Waals surface area contributed by atoms with Gasteiger partial charge in [-0.2, -0.15) is 0 Å². The van der Waals surface area contributed by atoms with E-state index in [4.69, 9.17) is 4.74 Å². The monoisotopic (exact) mass is 276 g/mol. The number of hydrogen-bond donors (Lipinski definition) is 2. The Hall–Kier alpha value is -1.55. The number of benzene rings is 1. The Balaban J connectivity index is 1.67. The summed E-state index contributed by atoms with van der Waals surface area (Å²) < 4.78 is 5.72. The summed E-state index contributed by atoms with van der Waals surface area (Å²) in [5, 5.41) is 5.99. The lowest BCUT2D eigenvalue weighted by Gasteiger charge is -2.22. The van der Waals surface area contributed by atoms with Crippen molar-refractivity contribution in [3.63, 3.8) is 0 Å². The minimum Gasteiger partial charge on any atom is -0.494 e. The van der Waals surface area contributed by atoms with Gasteiger partial charge in [-0.1, -0.05) is 0 Å². The molecule has 1 heterocycles. The van der Waals surface area contributed by atoms with Gasteiger partial charge in [0.05, 0.1) is 6.61 Å². The Kier molecular flexibility index (Phi) is 5.87. The van der Waals surface area contributed by atoms with Crippen LogP contribution in [0.5, 0.6) is 5.75 Å². The Labute approximate surface area is 120 Å². The van der Waals surface area contributed by atoms with Crippen LogP contribution in [0, 0.1) is 5.92 Å². The van der Waals surface area contributed by atoms with E-state index in [-0.39, 0.29) is 5.91 Å². The van der Waals surface area contributed by atoms with Crippen LogP contribution in [-0.4, -0.2) is 32.7 Å². The maximum atomic E-state index is 11.4. The van der Waals surface area contributed by atoms with Crippen LogP contribution in [0.1, 0.15) is 36.0 Å². The van der Waals surface area contributed by atoms with Gasteiger partial charge in [-0.25, -0.2) is 0 Å².